The smallest absolute Gasteiger partial charge is 0.259 e. The normalized spacial score (nSPS) is 13.8. The van der Waals surface area contributed by atoms with Gasteiger partial charge in [-0.05, 0) is 36.6 Å². The predicted octanol–water partition coefficient (Wildman–Crippen LogP) is 2.87. The van der Waals surface area contributed by atoms with E-state index in [-0.39, 0.29) is 18.0 Å². The molecule has 0 fully saturated rings. The Kier molecular flexibility index (Phi) is 4.84. The van der Waals surface area contributed by atoms with E-state index in [9.17, 15) is 13.6 Å². The molecule has 2 aromatic rings. The predicted molar refractivity (Wildman–Crippen MR) is 89.1 cm³/mol. The van der Waals surface area contributed by atoms with Gasteiger partial charge in [-0.25, -0.2) is 14.2 Å². The van der Waals surface area contributed by atoms with E-state index in [1.807, 2.05) is 23.1 Å². The number of para-hydroxylation sites is 1. The zero-order chi connectivity index (χ0) is 16.9. The van der Waals surface area contributed by atoms with Gasteiger partial charge >= 0.3 is 0 Å². The third-order valence-corrected chi connectivity index (χ3v) is 3.92. The van der Waals surface area contributed by atoms with Crippen molar-refractivity contribution in [3.05, 3.63) is 65.2 Å². The van der Waals surface area contributed by atoms with E-state index in [1.165, 1.54) is 11.6 Å². The van der Waals surface area contributed by atoms with E-state index in [0.717, 1.165) is 43.4 Å². The van der Waals surface area contributed by atoms with Gasteiger partial charge in [0.25, 0.3) is 5.91 Å². The molecule has 2 aromatic carbocycles. The first-order chi connectivity index (χ1) is 11.6. The first kappa shape index (κ1) is 16.1. The average Bonchev–Trinajstić information content (AvgIpc) is 2.58. The second-order valence-electron chi connectivity index (χ2n) is 5.58. The summed E-state index contributed by atoms with van der Waals surface area (Å²) >= 11 is 0. The van der Waals surface area contributed by atoms with Gasteiger partial charge in [-0.15, -0.1) is 0 Å². The van der Waals surface area contributed by atoms with Gasteiger partial charge in [-0.3, -0.25) is 4.79 Å². The summed E-state index contributed by atoms with van der Waals surface area (Å²) in [6.45, 7) is 0.935. The van der Waals surface area contributed by atoms with Crippen molar-refractivity contribution in [2.24, 2.45) is 5.10 Å². The van der Waals surface area contributed by atoms with E-state index < -0.39 is 11.6 Å². The Morgan fingerprint density at radius 1 is 1.17 bits per heavy atom. The Morgan fingerprint density at radius 2 is 1.92 bits per heavy atom. The molecule has 1 aliphatic rings. The molecule has 1 amide bonds. The number of hydrazone groups is 1. The van der Waals surface area contributed by atoms with Gasteiger partial charge in [0.05, 0.1) is 18.3 Å². The van der Waals surface area contributed by atoms with Crippen molar-refractivity contribution in [1.29, 1.82) is 0 Å². The number of hydrogen-bond acceptors (Lipinski definition) is 3. The lowest BCUT2D eigenvalue weighted by Gasteiger charge is -2.30. The van der Waals surface area contributed by atoms with E-state index in [4.69, 9.17) is 0 Å². The van der Waals surface area contributed by atoms with Crippen molar-refractivity contribution in [1.82, 2.24) is 5.43 Å². The van der Waals surface area contributed by atoms with Crippen LogP contribution in [0.4, 0.5) is 14.5 Å². The fraction of sp³-hybridized carbons (Fsp3) is 0.222. The van der Waals surface area contributed by atoms with Crippen molar-refractivity contribution < 1.29 is 13.6 Å². The number of benzene rings is 2. The molecule has 0 saturated heterocycles. The van der Waals surface area contributed by atoms with Gasteiger partial charge < -0.3 is 4.90 Å². The topological polar surface area (TPSA) is 44.7 Å². The highest BCUT2D eigenvalue weighted by Crippen LogP contribution is 2.26. The Balaban J connectivity index is 1.62. The van der Waals surface area contributed by atoms with E-state index in [1.54, 1.807) is 0 Å². The molecule has 4 nitrogen and oxygen atoms in total. The maximum atomic E-state index is 13.5. The highest BCUT2D eigenvalue weighted by molar-refractivity contribution is 5.85. The quantitative estimate of drug-likeness (QED) is 0.692. The standard InChI is InChI=1S/C18H17F2N3O/c19-15-7-3-8-16(20)14(15)11-21-22-18(24)12-23-10-4-6-13-5-1-2-9-17(13)23/h1-3,5,7-9,11H,4,6,10,12H2,(H,22,24)/b21-11+. The maximum Gasteiger partial charge on any atom is 0.259 e. The van der Waals surface area contributed by atoms with Crippen LogP contribution in [0.15, 0.2) is 47.6 Å². The fourth-order valence-corrected chi connectivity index (χ4v) is 2.79. The summed E-state index contributed by atoms with van der Waals surface area (Å²) in [5, 5.41) is 3.65. The van der Waals surface area contributed by atoms with Crippen molar-refractivity contribution in [2.45, 2.75) is 12.8 Å². The maximum absolute atomic E-state index is 13.5. The minimum Gasteiger partial charge on any atom is -0.362 e. The Labute approximate surface area is 138 Å². The molecule has 24 heavy (non-hydrogen) atoms. The highest BCUT2D eigenvalue weighted by Gasteiger charge is 2.18. The molecule has 0 saturated carbocycles. The van der Waals surface area contributed by atoms with E-state index in [0.29, 0.717) is 0 Å². The van der Waals surface area contributed by atoms with E-state index in [2.05, 4.69) is 16.6 Å². The third-order valence-electron chi connectivity index (χ3n) is 3.92. The lowest BCUT2D eigenvalue weighted by atomic mass is 10.0. The number of amides is 1. The summed E-state index contributed by atoms with van der Waals surface area (Å²) < 4.78 is 26.9. The Bertz CT molecular complexity index is 756. The summed E-state index contributed by atoms with van der Waals surface area (Å²) in [5.41, 5.74) is 4.30. The number of fused-ring (bicyclic) bond motifs is 1. The summed E-state index contributed by atoms with van der Waals surface area (Å²) in [5.74, 6) is -1.78. The number of anilines is 1. The van der Waals surface area contributed by atoms with Crippen LogP contribution in [-0.2, 0) is 11.2 Å². The molecule has 1 aliphatic heterocycles. The SMILES string of the molecule is O=C(CN1CCCc2ccccc21)N/N=C/c1c(F)cccc1F. The van der Waals surface area contributed by atoms with Crippen LogP contribution in [0.3, 0.4) is 0 Å². The molecular weight excluding hydrogens is 312 g/mol. The lowest BCUT2D eigenvalue weighted by Crippen LogP contribution is -2.38. The Morgan fingerprint density at radius 3 is 2.71 bits per heavy atom. The molecule has 124 valence electrons. The minimum atomic E-state index is -0.724. The summed E-state index contributed by atoms with van der Waals surface area (Å²) in [6, 6.07) is 11.5. The summed E-state index contributed by atoms with van der Waals surface area (Å²) in [6.07, 6.45) is 2.96. The number of carbonyl (C=O) groups excluding carboxylic acids is 1. The number of hydrogen-bond donors (Lipinski definition) is 1. The minimum absolute atomic E-state index is 0.147. The zero-order valence-electron chi connectivity index (χ0n) is 13.0. The zero-order valence-corrected chi connectivity index (χ0v) is 13.0. The van der Waals surface area contributed by atoms with E-state index >= 15 is 0 Å². The molecule has 0 aliphatic carbocycles. The van der Waals surface area contributed by atoms with Gasteiger partial charge in [0.15, 0.2) is 0 Å². The van der Waals surface area contributed by atoms with Gasteiger partial charge in [0, 0.05) is 12.2 Å². The summed E-state index contributed by atoms with van der Waals surface area (Å²) in [7, 11) is 0. The van der Waals surface area contributed by atoms with Crippen molar-refractivity contribution in [2.75, 3.05) is 18.0 Å². The first-order valence-corrected chi connectivity index (χ1v) is 7.74. The number of nitrogens with one attached hydrogen (secondary N) is 1. The summed E-state index contributed by atoms with van der Waals surface area (Å²) in [4.78, 5) is 14.0. The number of halogens is 2. The van der Waals surface area contributed by atoms with Crippen LogP contribution >= 0.6 is 0 Å². The molecule has 3 rings (SSSR count). The second kappa shape index (κ2) is 7.21. The first-order valence-electron chi connectivity index (χ1n) is 7.74. The van der Waals surface area contributed by atoms with Crippen molar-refractivity contribution in [3.8, 4) is 0 Å². The van der Waals surface area contributed by atoms with Crippen molar-refractivity contribution >= 4 is 17.8 Å². The molecular formula is C18H17F2N3O. The lowest BCUT2D eigenvalue weighted by molar-refractivity contribution is -0.119. The number of aryl methyl sites for hydroxylation is 1. The van der Waals surface area contributed by atoms with Gasteiger partial charge in [0.2, 0.25) is 0 Å². The van der Waals surface area contributed by atoms with Crippen LogP contribution in [0, 0.1) is 11.6 Å². The molecule has 6 heteroatoms. The molecule has 0 radical (unpaired) electrons. The molecule has 0 spiro atoms. The second-order valence-corrected chi connectivity index (χ2v) is 5.58. The highest BCUT2D eigenvalue weighted by atomic mass is 19.1. The van der Waals surface area contributed by atoms with Gasteiger partial charge in [-0.1, -0.05) is 24.3 Å². The van der Waals surface area contributed by atoms with Crippen LogP contribution in [0.2, 0.25) is 0 Å². The average molecular weight is 329 g/mol. The number of nitrogens with zero attached hydrogens (tertiary/aromatic N) is 2. The van der Waals surface area contributed by atoms with Crippen LogP contribution in [0.25, 0.3) is 0 Å². The molecule has 0 bridgehead atoms. The molecule has 0 aromatic heterocycles. The van der Waals surface area contributed by atoms with Crippen LogP contribution in [-0.4, -0.2) is 25.2 Å². The van der Waals surface area contributed by atoms with Crippen LogP contribution in [0.5, 0.6) is 0 Å². The molecule has 1 heterocycles. The third kappa shape index (κ3) is 3.59. The van der Waals surface area contributed by atoms with Crippen LogP contribution in [0.1, 0.15) is 17.5 Å². The monoisotopic (exact) mass is 329 g/mol. The van der Waals surface area contributed by atoms with Gasteiger partial charge in [0.1, 0.15) is 11.6 Å². The largest absolute Gasteiger partial charge is 0.362 e. The molecule has 0 unspecified atom stereocenters. The fourth-order valence-electron chi connectivity index (χ4n) is 2.79. The van der Waals surface area contributed by atoms with Crippen molar-refractivity contribution in [3.63, 3.8) is 0 Å². The van der Waals surface area contributed by atoms with Crippen LogP contribution < -0.4 is 10.3 Å². The number of carbonyl (C=O) groups is 1. The molecule has 1 N–H and O–H groups in total. The Hall–Kier alpha value is -2.76. The van der Waals surface area contributed by atoms with Gasteiger partial charge in [-0.2, -0.15) is 5.10 Å². The number of rotatable bonds is 4. The molecule has 0 atom stereocenters.